The van der Waals surface area contributed by atoms with Gasteiger partial charge in [-0.25, -0.2) is 0 Å². The molecule has 0 saturated carbocycles. The smallest absolute Gasteiger partial charge is 0.445 e. The second kappa shape index (κ2) is 3.95. The third kappa shape index (κ3) is 4.02. The van der Waals surface area contributed by atoms with Crippen molar-refractivity contribution in [3.05, 3.63) is 18.3 Å². The average Bonchev–Trinajstić information content (AvgIpc) is 2.00. The van der Waals surface area contributed by atoms with E-state index in [9.17, 15) is 26.1 Å². The Morgan fingerprint density at radius 1 is 1.13 bits per heavy atom. The van der Waals surface area contributed by atoms with Crippen LogP contribution in [0, 0.1) is 0 Å². The van der Waals surface area contributed by atoms with Gasteiger partial charge in [-0.15, -0.1) is 0 Å². The minimum Gasteiger partial charge on any atom is -0.445 e. The van der Waals surface area contributed by atoms with Crippen LogP contribution in [0.15, 0.2) is 23.4 Å². The molecule has 9 heteroatoms. The van der Waals surface area contributed by atoms with Gasteiger partial charge < -0.3 is 12.9 Å². The van der Waals surface area contributed by atoms with Crippen molar-refractivity contribution in [3.8, 4) is 0 Å². The molecule has 0 aliphatic rings. The van der Waals surface area contributed by atoms with Crippen LogP contribution in [0.1, 0.15) is 0 Å². The molecule has 1 nitrogen and oxygen atoms in total. The molecule has 0 bridgehead atoms. The number of alkyl halides is 3. The molecule has 15 heavy (non-hydrogen) atoms. The van der Waals surface area contributed by atoms with Crippen LogP contribution in [0.25, 0.3) is 0 Å². The Bertz CT molecular complexity index is 331. The first-order valence-electron chi connectivity index (χ1n) is 3.60. The number of nitrogens with zero attached hydrogens (tertiary/aromatic N) is 1. The Kier molecular flexibility index (Phi) is 3.22. The van der Waals surface area contributed by atoms with E-state index < -0.39 is 34.7 Å². The lowest BCUT2D eigenvalue weighted by molar-refractivity contribution is -0.0329. The summed E-state index contributed by atoms with van der Waals surface area (Å²) in [6, 6.07) is 1.28. The van der Waals surface area contributed by atoms with Crippen LogP contribution in [0.5, 0.6) is 0 Å². The van der Waals surface area contributed by atoms with Crippen LogP contribution in [0.3, 0.4) is 0 Å². The van der Waals surface area contributed by atoms with E-state index in [1.807, 2.05) is 0 Å². The molecule has 84 valence electrons. The van der Waals surface area contributed by atoms with Crippen LogP contribution >= 0.6 is 11.8 Å². The third-order valence-electron chi connectivity index (χ3n) is 1.36. The molecule has 0 atom stereocenters. The highest BCUT2D eigenvalue weighted by atomic mass is 32.2. The molecule has 0 N–H and O–H groups in total. The number of pyridine rings is 1. The Morgan fingerprint density at radius 3 is 2.07 bits per heavy atom. The summed E-state index contributed by atoms with van der Waals surface area (Å²) in [6.45, 7) is -5.21. The van der Waals surface area contributed by atoms with Crippen molar-refractivity contribution in [2.24, 2.45) is 0 Å². The van der Waals surface area contributed by atoms with Crippen molar-refractivity contribution >= 4 is 24.2 Å². The lowest BCUT2D eigenvalue weighted by Crippen LogP contribution is -2.34. The summed E-state index contributed by atoms with van der Waals surface area (Å²) in [5.74, 6) is 0. The summed E-state index contributed by atoms with van der Waals surface area (Å²) >= 11 is -0.551. The van der Waals surface area contributed by atoms with Gasteiger partial charge in [-0.3, -0.25) is 4.98 Å². The first-order valence-corrected chi connectivity index (χ1v) is 4.42. The zero-order valence-corrected chi connectivity index (χ0v) is 7.75. The molecule has 1 heterocycles. The fourth-order valence-electron chi connectivity index (χ4n) is 0.764. The normalized spacial score (nSPS) is 12.9. The average molecular weight is 246 g/mol. The third-order valence-corrected chi connectivity index (χ3v) is 2.04. The Morgan fingerprint density at radius 2 is 1.73 bits per heavy atom. The summed E-state index contributed by atoms with van der Waals surface area (Å²) < 4.78 is 71.5. The molecule has 0 aliphatic heterocycles. The molecule has 0 aromatic carbocycles. The highest BCUT2D eigenvalue weighted by Gasteiger charge is 2.31. The Labute approximate surface area is 84.9 Å². The minimum absolute atomic E-state index is 0.397. The van der Waals surface area contributed by atoms with Gasteiger partial charge in [0.1, 0.15) is 5.03 Å². The highest BCUT2D eigenvalue weighted by Crippen LogP contribution is 2.35. The number of halogens is 6. The van der Waals surface area contributed by atoms with E-state index in [4.69, 9.17) is 0 Å². The lowest BCUT2D eigenvalue weighted by atomic mass is 9.82. The van der Waals surface area contributed by atoms with Crippen molar-refractivity contribution in [1.82, 2.24) is 4.98 Å². The van der Waals surface area contributed by atoms with Gasteiger partial charge in [-0.05, 0) is 6.07 Å². The summed E-state index contributed by atoms with van der Waals surface area (Å²) in [6.07, 6.45) is 0.397. The summed E-state index contributed by atoms with van der Waals surface area (Å²) in [4.78, 5) is 3.07. The van der Waals surface area contributed by atoms with E-state index >= 15 is 0 Å². The molecule has 0 fully saturated rings. The van der Waals surface area contributed by atoms with Crippen molar-refractivity contribution < 1.29 is 26.1 Å². The zero-order chi connectivity index (χ0) is 11.7. The highest BCUT2D eigenvalue weighted by molar-refractivity contribution is 8.00. The quantitative estimate of drug-likeness (QED) is 0.452. The van der Waals surface area contributed by atoms with Gasteiger partial charge >= 0.3 is 12.5 Å². The van der Waals surface area contributed by atoms with Crippen molar-refractivity contribution in [1.29, 1.82) is 0 Å². The second-order valence-corrected chi connectivity index (χ2v) is 3.64. The summed E-state index contributed by atoms with van der Waals surface area (Å²) in [5, 5.41) is -0.508. The first-order chi connectivity index (χ1) is 6.68. The first kappa shape index (κ1) is 12.2. The number of rotatable bonds is 2. The molecule has 0 radical (unpaired) electrons. The molecule has 1 aromatic rings. The summed E-state index contributed by atoms with van der Waals surface area (Å²) in [7, 11) is 0. The number of hydrogen-bond acceptors (Lipinski definition) is 2. The maximum Gasteiger partial charge on any atom is 0.511 e. The molecule has 1 rings (SSSR count). The van der Waals surface area contributed by atoms with Crippen LogP contribution in [-0.4, -0.2) is 17.5 Å². The molecule has 1 aromatic heterocycles. The van der Waals surface area contributed by atoms with Gasteiger partial charge in [0.15, 0.2) is 0 Å². The molecule has 0 unspecified atom stereocenters. The van der Waals surface area contributed by atoms with E-state index in [1.54, 1.807) is 0 Å². The maximum absolute atomic E-state index is 12.1. The molecule has 0 saturated heterocycles. The molecular weight excluding hydrogens is 243 g/mol. The largest absolute Gasteiger partial charge is 0.511 e. The van der Waals surface area contributed by atoms with E-state index in [0.717, 1.165) is 0 Å². The number of hydrogen-bond donors (Lipinski definition) is 0. The van der Waals surface area contributed by atoms with Gasteiger partial charge in [0.25, 0.3) is 0 Å². The Balaban J connectivity index is 2.82. The van der Waals surface area contributed by atoms with Crippen LogP contribution in [-0.2, 0) is 0 Å². The topological polar surface area (TPSA) is 12.9 Å². The maximum atomic E-state index is 12.1. The minimum atomic E-state index is -5.21. The zero-order valence-electron chi connectivity index (χ0n) is 6.93. The van der Waals surface area contributed by atoms with Gasteiger partial charge in [0.2, 0.25) is 0 Å². The van der Waals surface area contributed by atoms with Gasteiger partial charge in [0, 0.05) is 18.0 Å². The van der Waals surface area contributed by atoms with E-state index in [0.29, 0.717) is 18.3 Å². The second-order valence-electron chi connectivity index (χ2n) is 2.55. The van der Waals surface area contributed by atoms with E-state index in [1.165, 1.54) is 0 Å². The standard InChI is InChI=1S/C6H3BF6NS/c8-6(9,10)15-5-2-1-4(3-14-5)7(11,12)13/h1-3H/q-1. The van der Waals surface area contributed by atoms with E-state index in [-0.39, 0.29) is 0 Å². The van der Waals surface area contributed by atoms with E-state index in [2.05, 4.69) is 4.98 Å². The van der Waals surface area contributed by atoms with Gasteiger partial charge in [-0.2, -0.15) is 13.2 Å². The van der Waals surface area contributed by atoms with Crippen molar-refractivity contribution in [2.45, 2.75) is 10.5 Å². The lowest BCUT2D eigenvalue weighted by Gasteiger charge is -2.14. The summed E-state index contributed by atoms with van der Waals surface area (Å²) in [5.41, 5.74) is -5.56. The molecule has 0 aliphatic carbocycles. The van der Waals surface area contributed by atoms with Gasteiger partial charge in [-0.1, -0.05) is 11.5 Å². The molecule has 0 amide bonds. The van der Waals surface area contributed by atoms with Crippen LogP contribution in [0.2, 0.25) is 0 Å². The van der Waals surface area contributed by atoms with Crippen molar-refractivity contribution in [2.75, 3.05) is 0 Å². The fraction of sp³-hybridized carbons (Fsp3) is 0.167. The number of thioether (sulfide) groups is 1. The van der Waals surface area contributed by atoms with Crippen LogP contribution in [0.4, 0.5) is 26.1 Å². The fourth-order valence-corrected chi connectivity index (χ4v) is 1.24. The Hall–Kier alpha value is -0.855. The SMILES string of the molecule is F[B-](F)(F)c1ccc(SC(F)(F)F)nc1. The molecular formula is C6H3BF6NS-. The number of aromatic nitrogens is 1. The molecule has 0 spiro atoms. The van der Waals surface area contributed by atoms with Crippen molar-refractivity contribution in [3.63, 3.8) is 0 Å². The predicted octanol–water partition coefficient (Wildman–Crippen LogP) is 2.75. The monoisotopic (exact) mass is 246 g/mol. The predicted molar refractivity (Wildman–Crippen MR) is 44.9 cm³/mol. The van der Waals surface area contributed by atoms with Gasteiger partial charge in [0.05, 0.1) is 0 Å². The van der Waals surface area contributed by atoms with Crippen LogP contribution < -0.4 is 5.46 Å².